The summed E-state index contributed by atoms with van der Waals surface area (Å²) in [6.45, 7) is 4.52. The summed E-state index contributed by atoms with van der Waals surface area (Å²) in [5.41, 5.74) is 0. The molecule has 0 aromatic carbocycles. The van der Waals surface area contributed by atoms with Crippen LogP contribution in [0.2, 0.25) is 0 Å². The first kappa shape index (κ1) is 28.6. The highest BCUT2D eigenvalue weighted by Gasteiger charge is 2.11. The van der Waals surface area contributed by atoms with Crippen LogP contribution in [-0.2, 0) is 14.6 Å². The second kappa shape index (κ2) is 20.9. The second-order valence-electron chi connectivity index (χ2n) is 8.43. The lowest BCUT2D eigenvalue weighted by molar-refractivity contribution is 0.234. The highest BCUT2D eigenvalue weighted by atomic mass is 32.3. The van der Waals surface area contributed by atoms with Crippen molar-refractivity contribution in [2.45, 2.75) is 129 Å². The van der Waals surface area contributed by atoms with Crippen LogP contribution in [0.3, 0.4) is 0 Å². The molecule has 0 bridgehead atoms. The molecule has 0 saturated carbocycles. The third-order valence-electron chi connectivity index (χ3n) is 5.49. The lowest BCUT2D eigenvalue weighted by atomic mass is 9.99. The molecule has 0 aliphatic rings. The van der Waals surface area contributed by atoms with Gasteiger partial charge >= 0.3 is 10.4 Å². The Bertz CT molecular complexity index is 460. The van der Waals surface area contributed by atoms with E-state index < -0.39 is 10.4 Å². The quantitative estimate of drug-likeness (QED) is 0.107. The van der Waals surface area contributed by atoms with Crippen molar-refractivity contribution in [2.75, 3.05) is 6.61 Å². The molecule has 5 heteroatoms. The average molecular weight is 433 g/mol. The summed E-state index contributed by atoms with van der Waals surface area (Å²) < 4.78 is 35.2. The molecule has 0 aliphatic heterocycles. The zero-order chi connectivity index (χ0) is 21.6. The van der Waals surface area contributed by atoms with Crippen LogP contribution in [0.1, 0.15) is 129 Å². The van der Waals surface area contributed by atoms with E-state index in [0.29, 0.717) is 0 Å². The fourth-order valence-corrected chi connectivity index (χ4v) is 3.98. The minimum Gasteiger partial charge on any atom is -0.264 e. The molecular formula is C24H48O4S. The summed E-state index contributed by atoms with van der Waals surface area (Å²) in [6.07, 6.45) is 26.8. The number of rotatable bonds is 22. The summed E-state index contributed by atoms with van der Waals surface area (Å²) in [5.74, 6) is 0.0612. The van der Waals surface area contributed by atoms with Crippen molar-refractivity contribution in [1.82, 2.24) is 0 Å². The molecule has 1 N–H and O–H groups in total. The first-order valence-electron chi connectivity index (χ1n) is 12.3. The highest BCUT2D eigenvalue weighted by Crippen LogP contribution is 2.17. The Morgan fingerprint density at radius 3 is 1.66 bits per heavy atom. The van der Waals surface area contributed by atoms with Crippen LogP contribution in [0, 0.1) is 5.92 Å². The topological polar surface area (TPSA) is 63.6 Å². The lowest BCUT2D eigenvalue weighted by Gasteiger charge is -2.12. The third-order valence-corrected chi connectivity index (χ3v) is 5.93. The van der Waals surface area contributed by atoms with Crippen molar-refractivity contribution in [2.24, 2.45) is 5.92 Å². The van der Waals surface area contributed by atoms with E-state index in [9.17, 15) is 8.42 Å². The van der Waals surface area contributed by atoms with Gasteiger partial charge in [-0.05, 0) is 19.3 Å². The van der Waals surface area contributed by atoms with E-state index in [0.717, 1.165) is 19.3 Å². The van der Waals surface area contributed by atoms with Crippen LogP contribution in [-0.4, -0.2) is 19.6 Å². The predicted octanol–water partition coefficient (Wildman–Crippen LogP) is 8.04. The number of hydrogen-bond donors (Lipinski definition) is 1. The predicted molar refractivity (Wildman–Crippen MR) is 125 cm³/mol. The molecule has 4 nitrogen and oxygen atoms in total. The Balaban J connectivity index is 3.88. The maximum atomic E-state index is 10.9. The molecule has 0 spiro atoms. The minimum atomic E-state index is -4.35. The fourth-order valence-electron chi connectivity index (χ4n) is 3.63. The molecule has 0 heterocycles. The van der Waals surface area contributed by atoms with Gasteiger partial charge in [0.25, 0.3) is 0 Å². The van der Waals surface area contributed by atoms with E-state index in [1.165, 1.54) is 96.3 Å². The van der Waals surface area contributed by atoms with Gasteiger partial charge in [0.15, 0.2) is 0 Å². The highest BCUT2D eigenvalue weighted by molar-refractivity contribution is 7.80. The smallest absolute Gasteiger partial charge is 0.264 e. The Hall–Kier alpha value is -0.390. The van der Waals surface area contributed by atoms with Crippen molar-refractivity contribution in [3.05, 3.63) is 12.2 Å². The molecule has 1 atom stereocenters. The van der Waals surface area contributed by atoms with Crippen LogP contribution in [0.15, 0.2) is 12.2 Å². The van der Waals surface area contributed by atoms with Gasteiger partial charge in [-0.3, -0.25) is 4.55 Å². The van der Waals surface area contributed by atoms with Gasteiger partial charge in [0.2, 0.25) is 0 Å². The Morgan fingerprint density at radius 1 is 0.724 bits per heavy atom. The van der Waals surface area contributed by atoms with Gasteiger partial charge in [-0.2, -0.15) is 8.42 Å². The maximum absolute atomic E-state index is 10.9. The van der Waals surface area contributed by atoms with Crippen molar-refractivity contribution >= 4 is 10.4 Å². The SMILES string of the molecule is CCCCCCC/C=C/C(CCCCCCCCCCCCC)COS(=O)(=O)O. The molecule has 29 heavy (non-hydrogen) atoms. The monoisotopic (exact) mass is 432 g/mol. The molecule has 0 aliphatic carbocycles. The maximum Gasteiger partial charge on any atom is 0.397 e. The summed E-state index contributed by atoms with van der Waals surface area (Å²) in [7, 11) is -4.35. The van der Waals surface area contributed by atoms with Crippen LogP contribution in [0.25, 0.3) is 0 Å². The Labute approximate surface area is 181 Å². The van der Waals surface area contributed by atoms with Crippen molar-refractivity contribution in [3.8, 4) is 0 Å². The largest absolute Gasteiger partial charge is 0.397 e. The summed E-state index contributed by atoms with van der Waals surface area (Å²) >= 11 is 0. The van der Waals surface area contributed by atoms with E-state index >= 15 is 0 Å². The van der Waals surface area contributed by atoms with Crippen molar-refractivity contribution in [1.29, 1.82) is 0 Å². The molecule has 0 fully saturated rings. The van der Waals surface area contributed by atoms with E-state index in [4.69, 9.17) is 4.55 Å². The van der Waals surface area contributed by atoms with Gasteiger partial charge in [-0.25, -0.2) is 4.18 Å². The molecule has 0 radical (unpaired) electrons. The number of unbranched alkanes of at least 4 members (excludes halogenated alkanes) is 15. The third kappa shape index (κ3) is 23.8. The fraction of sp³-hybridized carbons (Fsp3) is 0.917. The summed E-state index contributed by atoms with van der Waals surface area (Å²) in [4.78, 5) is 0. The molecule has 1 unspecified atom stereocenters. The van der Waals surface area contributed by atoms with E-state index in [1.807, 2.05) is 0 Å². The zero-order valence-corrected chi connectivity index (χ0v) is 20.1. The van der Waals surface area contributed by atoms with Gasteiger partial charge < -0.3 is 0 Å². The second-order valence-corrected chi connectivity index (χ2v) is 9.52. The normalized spacial score (nSPS) is 13.3. The van der Waals surface area contributed by atoms with Gasteiger partial charge in [0, 0.05) is 5.92 Å². The number of allylic oxidation sites excluding steroid dienone is 1. The van der Waals surface area contributed by atoms with Crippen LogP contribution in [0.5, 0.6) is 0 Å². The summed E-state index contributed by atoms with van der Waals surface area (Å²) in [6, 6.07) is 0. The lowest BCUT2D eigenvalue weighted by Crippen LogP contribution is -2.12. The number of hydrogen-bond acceptors (Lipinski definition) is 3. The van der Waals surface area contributed by atoms with E-state index in [1.54, 1.807) is 0 Å². The Kier molecular flexibility index (Phi) is 20.6. The van der Waals surface area contributed by atoms with E-state index in [-0.39, 0.29) is 12.5 Å². The first-order chi connectivity index (χ1) is 14.0. The zero-order valence-electron chi connectivity index (χ0n) is 19.2. The van der Waals surface area contributed by atoms with Gasteiger partial charge in [0.1, 0.15) is 0 Å². The first-order valence-corrected chi connectivity index (χ1v) is 13.6. The van der Waals surface area contributed by atoms with Crippen molar-refractivity contribution < 1.29 is 17.2 Å². The van der Waals surface area contributed by atoms with Crippen LogP contribution >= 0.6 is 0 Å². The minimum absolute atomic E-state index is 0.0446. The summed E-state index contributed by atoms with van der Waals surface area (Å²) in [5, 5.41) is 0. The van der Waals surface area contributed by atoms with Crippen LogP contribution < -0.4 is 0 Å². The van der Waals surface area contributed by atoms with Gasteiger partial charge in [-0.1, -0.05) is 122 Å². The molecule has 0 saturated heterocycles. The molecular weight excluding hydrogens is 384 g/mol. The molecule has 0 aromatic rings. The van der Waals surface area contributed by atoms with Gasteiger partial charge in [0.05, 0.1) is 6.61 Å². The molecule has 0 aromatic heterocycles. The molecule has 0 amide bonds. The molecule has 174 valence electrons. The van der Waals surface area contributed by atoms with Gasteiger partial charge in [-0.15, -0.1) is 0 Å². The Morgan fingerprint density at radius 2 is 1.17 bits per heavy atom. The molecule has 0 rings (SSSR count). The van der Waals surface area contributed by atoms with Crippen LogP contribution in [0.4, 0.5) is 0 Å². The van der Waals surface area contributed by atoms with E-state index in [2.05, 4.69) is 30.2 Å². The van der Waals surface area contributed by atoms with Crippen molar-refractivity contribution in [3.63, 3.8) is 0 Å². The standard InChI is InChI=1S/C24H48O4S/c1-3-5-7-9-11-12-13-14-16-18-20-22-24(23-28-29(25,26)27)21-19-17-15-10-8-6-4-2/h19,21,24H,3-18,20,22-23H2,1-2H3,(H,25,26,27)/b21-19+. The average Bonchev–Trinajstić information content (AvgIpc) is 2.68.